The molecular weight excluding hydrogens is 252 g/mol. The number of benzene rings is 1. The minimum Gasteiger partial charge on any atom is -0.368 e. The number of amides is 1. The van der Waals surface area contributed by atoms with Crippen LogP contribution in [0.2, 0.25) is 0 Å². The summed E-state index contributed by atoms with van der Waals surface area (Å²) in [6.45, 7) is 7.23. The van der Waals surface area contributed by atoms with Gasteiger partial charge in [0.05, 0.1) is 16.6 Å². The van der Waals surface area contributed by atoms with Gasteiger partial charge in [0.15, 0.2) is 0 Å². The molecule has 0 radical (unpaired) electrons. The lowest BCUT2D eigenvalue weighted by Gasteiger charge is -2.27. The Morgan fingerprint density at radius 1 is 1.45 bits per heavy atom. The van der Waals surface area contributed by atoms with E-state index in [2.05, 4.69) is 14.9 Å². The van der Waals surface area contributed by atoms with Gasteiger partial charge in [-0.1, -0.05) is 19.1 Å². The van der Waals surface area contributed by atoms with Crippen LogP contribution >= 0.6 is 0 Å². The normalized spacial score (nSPS) is 14.3. The standard InChI is InChI=1S/C15H22N4O/c1-4-17-15(3,14(16)20)9-10-19-11(2)18-12-7-5-6-8-13(12)19/h5-8,17H,4,9-10H2,1-3H3,(H2,16,20). The second-order valence-electron chi connectivity index (χ2n) is 5.28. The van der Waals surface area contributed by atoms with Crippen LogP contribution in [0.1, 0.15) is 26.1 Å². The van der Waals surface area contributed by atoms with Crippen molar-refractivity contribution < 1.29 is 4.79 Å². The molecule has 0 saturated carbocycles. The number of hydrogen-bond donors (Lipinski definition) is 2. The number of likely N-dealkylation sites (N-methyl/N-ethyl adjacent to an activating group) is 1. The Morgan fingerprint density at radius 3 is 2.80 bits per heavy atom. The third kappa shape index (κ3) is 2.67. The SMILES string of the molecule is CCNC(C)(CCn1c(C)nc2ccccc21)C(N)=O. The molecule has 0 bridgehead atoms. The number of imidazole rings is 1. The van der Waals surface area contributed by atoms with Crippen molar-refractivity contribution in [2.75, 3.05) is 6.54 Å². The van der Waals surface area contributed by atoms with Gasteiger partial charge < -0.3 is 15.6 Å². The average molecular weight is 274 g/mol. The van der Waals surface area contributed by atoms with Gasteiger partial charge >= 0.3 is 0 Å². The molecule has 1 heterocycles. The summed E-state index contributed by atoms with van der Waals surface area (Å²) < 4.78 is 2.13. The highest BCUT2D eigenvalue weighted by Crippen LogP contribution is 2.18. The van der Waals surface area contributed by atoms with Gasteiger partial charge in [-0.25, -0.2) is 4.98 Å². The van der Waals surface area contributed by atoms with Crippen LogP contribution in [0.3, 0.4) is 0 Å². The predicted molar refractivity (Wildman–Crippen MR) is 80.4 cm³/mol. The monoisotopic (exact) mass is 274 g/mol. The van der Waals surface area contributed by atoms with Gasteiger partial charge in [-0.15, -0.1) is 0 Å². The largest absolute Gasteiger partial charge is 0.368 e. The molecule has 2 rings (SSSR count). The molecule has 0 spiro atoms. The summed E-state index contributed by atoms with van der Waals surface area (Å²) >= 11 is 0. The third-order valence-corrected chi connectivity index (χ3v) is 3.79. The van der Waals surface area contributed by atoms with E-state index in [1.54, 1.807) is 0 Å². The van der Waals surface area contributed by atoms with Crippen LogP contribution in [0.4, 0.5) is 0 Å². The van der Waals surface area contributed by atoms with E-state index in [0.717, 1.165) is 16.9 Å². The van der Waals surface area contributed by atoms with Crippen LogP contribution in [-0.2, 0) is 11.3 Å². The number of hydrogen-bond acceptors (Lipinski definition) is 3. The number of para-hydroxylation sites is 2. The smallest absolute Gasteiger partial charge is 0.237 e. The van der Waals surface area contributed by atoms with Gasteiger partial charge in [0, 0.05) is 6.54 Å². The summed E-state index contributed by atoms with van der Waals surface area (Å²) in [5.41, 5.74) is 6.90. The summed E-state index contributed by atoms with van der Waals surface area (Å²) in [7, 11) is 0. The second-order valence-corrected chi connectivity index (χ2v) is 5.28. The number of primary amides is 1. The molecule has 20 heavy (non-hydrogen) atoms. The van der Waals surface area contributed by atoms with Crippen molar-refractivity contribution in [2.45, 2.75) is 39.3 Å². The number of rotatable bonds is 6. The molecule has 1 amide bonds. The molecule has 2 aromatic rings. The predicted octanol–water partition coefficient (Wildman–Crippen LogP) is 1.59. The molecule has 108 valence electrons. The van der Waals surface area contributed by atoms with Gasteiger partial charge in [0.1, 0.15) is 5.82 Å². The molecular formula is C15H22N4O. The van der Waals surface area contributed by atoms with E-state index in [-0.39, 0.29) is 5.91 Å². The highest BCUT2D eigenvalue weighted by molar-refractivity contribution is 5.84. The molecule has 1 aromatic carbocycles. The lowest BCUT2D eigenvalue weighted by atomic mass is 9.97. The van der Waals surface area contributed by atoms with Crippen molar-refractivity contribution in [1.29, 1.82) is 0 Å². The van der Waals surface area contributed by atoms with Crippen molar-refractivity contribution in [3.63, 3.8) is 0 Å². The summed E-state index contributed by atoms with van der Waals surface area (Å²) in [4.78, 5) is 16.2. The van der Waals surface area contributed by atoms with E-state index < -0.39 is 5.54 Å². The van der Waals surface area contributed by atoms with Gasteiger partial charge in [-0.3, -0.25) is 4.79 Å². The number of carbonyl (C=O) groups is 1. The zero-order valence-corrected chi connectivity index (χ0v) is 12.3. The number of aryl methyl sites for hydroxylation is 2. The van der Waals surface area contributed by atoms with E-state index in [0.29, 0.717) is 19.5 Å². The van der Waals surface area contributed by atoms with Gasteiger partial charge in [0.2, 0.25) is 5.91 Å². The first kappa shape index (κ1) is 14.5. The third-order valence-electron chi connectivity index (χ3n) is 3.79. The molecule has 0 aliphatic carbocycles. The molecule has 0 saturated heterocycles. The molecule has 0 aliphatic heterocycles. The highest BCUT2D eigenvalue weighted by atomic mass is 16.1. The summed E-state index contributed by atoms with van der Waals surface area (Å²) in [6.07, 6.45) is 0.636. The minimum absolute atomic E-state index is 0.318. The maximum absolute atomic E-state index is 11.7. The molecule has 1 atom stereocenters. The van der Waals surface area contributed by atoms with Crippen molar-refractivity contribution in [3.8, 4) is 0 Å². The van der Waals surface area contributed by atoms with Gasteiger partial charge in [-0.2, -0.15) is 0 Å². The van der Waals surface area contributed by atoms with Crippen LogP contribution in [0.25, 0.3) is 11.0 Å². The van der Waals surface area contributed by atoms with Gasteiger partial charge in [0.25, 0.3) is 0 Å². The zero-order chi connectivity index (χ0) is 14.8. The Morgan fingerprint density at radius 2 is 2.15 bits per heavy atom. The number of aromatic nitrogens is 2. The van der Waals surface area contributed by atoms with Crippen LogP contribution in [0.5, 0.6) is 0 Å². The summed E-state index contributed by atoms with van der Waals surface area (Å²) in [5, 5.41) is 3.18. The maximum atomic E-state index is 11.7. The number of nitrogens with one attached hydrogen (secondary N) is 1. The van der Waals surface area contributed by atoms with Crippen LogP contribution in [-0.4, -0.2) is 27.5 Å². The quantitative estimate of drug-likeness (QED) is 0.840. The molecule has 3 N–H and O–H groups in total. The Balaban J connectivity index is 2.24. The maximum Gasteiger partial charge on any atom is 0.237 e. The highest BCUT2D eigenvalue weighted by Gasteiger charge is 2.29. The first-order valence-electron chi connectivity index (χ1n) is 6.95. The molecule has 0 fully saturated rings. The fraction of sp³-hybridized carbons (Fsp3) is 0.467. The molecule has 1 unspecified atom stereocenters. The fourth-order valence-corrected chi connectivity index (χ4v) is 2.50. The second kappa shape index (κ2) is 5.63. The Labute approximate surface area is 119 Å². The lowest BCUT2D eigenvalue weighted by molar-refractivity contribution is -0.124. The number of nitrogens with two attached hydrogens (primary N) is 1. The number of fused-ring (bicyclic) bond motifs is 1. The summed E-state index contributed by atoms with van der Waals surface area (Å²) in [6, 6.07) is 8.02. The Bertz CT molecular complexity index is 619. The number of carbonyl (C=O) groups excluding carboxylic acids is 1. The topological polar surface area (TPSA) is 72.9 Å². The minimum atomic E-state index is -0.688. The summed E-state index contributed by atoms with van der Waals surface area (Å²) in [5.74, 6) is 0.635. The molecule has 0 aliphatic rings. The van der Waals surface area contributed by atoms with Crippen molar-refractivity contribution >= 4 is 16.9 Å². The average Bonchev–Trinajstić information content (AvgIpc) is 2.72. The zero-order valence-electron chi connectivity index (χ0n) is 12.3. The first-order valence-corrected chi connectivity index (χ1v) is 6.95. The Kier molecular flexibility index (Phi) is 4.09. The lowest BCUT2D eigenvalue weighted by Crippen LogP contribution is -2.53. The molecule has 5 nitrogen and oxygen atoms in total. The molecule has 5 heteroatoms. The van der Waals surface area contributed by atoms with Crippen LogP contribution in [0.15, 0.2) is 24.3 Å². The van der Waals surface area contributed by atoms with Crippen LogP contribution in [0, 0.1) is 6.92 Å². The van der Waals surface area contributed by atoms with E-state index in [1.165, 1.54) is 0 Å². The van der Waals surface area contributed by atoms with Crippen molar-refractivity contribution in [3.05, 3.63) is 30.1 Å². The fourth-order valence-electron chi connectivity index (χ4n) is 2.50. The number of nitrogens with zero attached hydrogens (tertiary/aromatic N) is 2. The van der Waals surface area contributed by atoms with E-state index in [1.807, 2.05) is 45.0 Å². The molecule has 1 aromatic heterocycles. The first-order chi connectivity index (χ1) is 9.48. The van der Waals surface area contributed by atoms with Crippen LogP contribution < -0.4 is 11.1 Å². The van der Waals surface area contributed by atoms with Gasteiger partial charge in [-0.05, 0) is 38.9 Å². The van der Waals surface area contributed by atoms with Crippen molar-refractivity contribution in [2.24, 2.45) is 5.73 Å². The van der Waals surface area contributed by atoms with E-state index in [9.17, 15) is 4.79 Å². The van der Waals surface area contributed by atoms with Crippen molar-refractivity contribution in [1.82, 2.24) is 14.9 Å². The van der Waals surface area contributed by atoms with E-state index in [4.69, 9.17) is 5.73 Å². The Hall–Kier alpha value is -1.88. The van der Waals surface area contributed by atoms with E-state index >= 15 is 0 Å².